The fraction of sp³-hybridized carbons (Fsp3) is 0.600. The summed E-state index contributed by atoms with van der Waals surface area (Å²) in [5, 5.41) is 3.51. The molecule has 3 rings (SSSR count). The molecule has 0 amide bonds. The molecule has 1 aromatic rings. The second kappa shape index (κ2) is 4.61. The van der Waals surface area contributed by atoms with Gasteiger partial charge in [0.05, 0.1) is 0 Å². The lowest BCUT2D eigenvalue weighted by Gasteiger charge is -2.42. The summed E-state index contributed by atoms with van der Waals surface area (Å²) in [5.74, 6) is -0.791. The van der Waals surface area contributed by atoms with Gasteiger partial charge in [-0.2, -0.15) is 0 Å². The lowest BCUT2D eigenvalue weighted by atomic mass is 9.65. The van der Waals surface area contributed by atoms with Gasteiger partial charge in [-0.3, -0.25) is 0 Å². The Kier molecular flexibility index (Phi) is 3.10. The van der Waals surface area contributed by atoms with Gasteiger partial charge in [-0.25, -0.2) is 8.78 Å². The first-order valence-corrected chi connectivity index (χ1v) is 6.85. The summed E-state index contributed by atoms with van der Waals surface area (Å²) in [6.07, 6.45) is 6.39. The quantitative estimate of drug-likeness (QED) is 0.845. The molecule has 1 N–H and O–H groups in total. The molecular formula is C15H19F2N. The van der Waals surface area contributed by atoms with Crippen LogP contribution >= 0.6 is 0 Å². The van der Waals surface area contributed by atoms with Gasteiger partial charge < -0.3 is 5.32 Å². The zero-order valence-corrected chi connectivity index (χ0v) is 10.5. The normalized spacial score (nSPS) is 21.7. The lowest BCUT2D eigenvalue weighted by molar-refractivity contribution is 0.126. The maximum absolute atomic E-state index is 13.7. The van der Waals surface area contributed by atoms with Crippen molar-refractivity contribution in [2.75, 3.05) is 6.54 Å². The van der Waals surface area contributed by atoms with E-state index in [0.717, 1.165) is 19.4 Å². The first kappa shape index (κ1) is 12.1. The van der Waals surface area contributed by atoms with Gasteiger partial charge in [0.2, 0.25) is 0 Å². The molecule has 0 radical (unpaired) electrons. The molecular weight excluding hydrogens is 232 g/mol. The Morgan fingerprint density at radius 1 is 1.17 bits per heavy atom. The molecule has 2 saturated carbocycles. The molecule has 0 heterocycles. The first-order chi connectivity index (χ1) is 8.69. The Hall–Kier alpha value is -0.960. The van der Waals surface area contributed by atoms with Crippen LogP contribution in [0, 0.1) is 17.0 Å². The van der Waals surface area contributed by atoms with E-state index in [-0.39, 0.29) is 11.0 Å². The maximum atomic E-state index is 13.7. The minimum Gasteiger partial charge on any atom is -0.313 e. The van der Waals surface area contributed by atoms with Crippen molar-refractivity contribution >= 4 is 0 Å². The van der Waals surface area contributed by atoms with Crippen LogP contribution in [0.1, 0.15) is 37.7 Å². The fourth-order valence-corrected chi connectivity index (χ4v) is 2.82. The van der Waals surface area contributed by atoms with Crippen LogP contribution in [0.4, 0.5) is 8.78 Å². The first-order valence-electron chi connectivity index (χ1n) is 6.85. The Balaban J connectivity index is 1.72. The summed E-state index contributed by atoms with van der Waals surface area (Å²) in [7, 11) is 0. The molecule has 2 aliphatic carbocycles. The highest BCUT2D eigenvalue weighted by molar-refractivity contribution is 5.22. The van der Waals surface area contributed by atoms with Crippen LogP contribution in [-0.4, -0.2) is 12.6 Å². The molecule has 1 nitrogen and oxygen atoms in total. The summed E-state index contributed by atoms with van der Waals surface area (Å²) in [6, 6.07) is 4.82. The van der Waals surface area contributed by atoms with E-state index in [1.165, 1.54) is 37.5 Å². The minimum absolute atomic E-state index is 0.0889. The number of hydrogen-bond donors (Lipinski definition) is 1. The summed E-state index contributed by atoms with van der Waals surface area (Å²) in [5.41, 5.74) is 0.362. The molecule has 0 spiro atoms. The van der Waals surface area contributed by atoms with Crippen LogP contribution in [0.5, 0.6) is 0 Å². The number of benzene rings is 1. The Bertz CT molecular complexity index is 416. The highest BCUT2D eigenvalue weighted by atomic mass is 19.1. The van der Waals surface area contributed by atoms with Crippen LogP contribution in [0.2, 0.25) is 0 Å². The summed E-state index contributed by atoms with van der Waals surface area (Å²) in [6.45, 7) is 0.908. The monoisotopic (exact) mass is 251 g/mol. The minimum atomic E-state index is -0.396. The van der Waals surface area contributed by atoms with Crippen LogP contribution in [0.25, 0.3) is 0 Å². The number of halogens is 2. The molecule has 1 aromatic carbocycles. The molecule has 0 saturated heterocycles. The summed E-state index contributed by atoms with van der Waals surface area (Å²) >= 11 is 0. The highest BCUT2D eigenvalue weighted by Crippen LogP contribution is 2.44. The zero-order valence-electron chi connectivity index (χ0n) is 10.5. The molecule has 0 aliphatic heterocycles. The van der Waals surface area contributed by atoms with Crippen molar-refractivity contribution in [1.29, 1.82) is 0 Å². The topological polar surface area (TPSA) is 12.0 Å². The Morgan fingerprint density at radius 2 is 1.83 bits per heavy atom. The smallest absolute Gasteiger partial charge is 0.129 e. The molecule has 2 aliphatic rings. The van der Waals surface area contributed by atoms with Gasteiger partial charge in [0.15, 0.2) is 0 Å². The van der Waals surface area contributed by atoms with Crippen LogP contribution in [0.3, 0.4) is 0 Å². The van der Waals surface area contributed by atoms with Gasteiger partial charge in [0.1, 0.15) is 11.6 Å². The van der Waals surface area contributed by atoms with Crippen molar-refractivity contribution in [2.45, 2.75) is 44.6 Å². The van der Waals surface area contributed by atoms with E-state index in [4.69, 9.17) is 0 Å². The SMILES string of the molecule is Fc1cccc(F)c1CC1(CNC2CC2)CCC1. The Morgan fingerprint density at radius 3 is 2.33 bits per heavy atom. The van der Waals surface area contributed by atoms with Crippen molar-refractivity contribution < 1.29 is 8.78 Å². The van der Waals surface area contributed by atoms with Crippen LogP contribution in [0.15, 0.2) is 18.2 Å². The maximum Gasteiger partial charge on any atom is 0.129 e. The van der Waals surface area contributed by atoms with Gasteiger partial charge in [-0.1, -0.05) is 12.5 Å². The fourth-order valence-electron chi connectivity index (χ4n) is 2.82. The van der Waals surface area contributed by atoms with Gasteiger partial charge in [-0.05, 0) is 49.7 Å². The lowest BCUT2D eigenvalue weighted by Crippen LogP contribution is -2.42. The third kappa shape index (κ3) is 2.41. The Labute approximate surface area is 107 Å². The van der Waals surface area contributed by atoms with Crippen molar-refractivity contribution in [3.05, 3.63) is 35.4 Å². The van der Waals surface area contributed by atoms with Gasteiger partial charge in [-0.15, -0.1) is 0 Å². The third-order valence-corrected chi connectivity index (χ3v) is 4.37. The summed E-state index contributed by atoms with van der Waals surface area (Å²) in [4.78, 5) is 0. The molecule has 0 unspecified atom stereocenters. The van der Waals surface area contributed by atoms with E-state index < -0.39 is 11.6 Å². The van der Waals surface area contributed by atoms with E-state index in [1.54, 1.807) is 0 Å². The number of nitrogens with one attached hydrogen (secondary N) is 1. The second-order valence-corrected chi connectivity index (χ2v) is 5.89. The predicted octanol–water partition coefficient (Wildman–Crippen LogP) is 3.43. The van der Waals surface area contributed by atoms with E-state index >= 15 is 0 Å². The van der Waals surface area contributed by atoms with E-state index in [9.17, 15) is 8.78 Å². The van der Waals surface area contributed by atoms with Crippen LogP contribution in [-0.2, 0) is 6.42 Å². The average Bonchev–Trinajstić information content (AvgIpc) is 3.09. The number of rotatable bonds is 5. The average molecular weight is 251 g/mol. The molecule has 3 heteroatoms. The summed E-state index contributed by atoms with van der Waals surface area (Å²) < 4.78 is 27.4. The van der Waals surface area contributed by atoms with E-state index in [0.29, 0.717) is 12.5 Å². The standard InChI is InChI=1S/C15H19F2N/c16-13-3-1-4-14(17)12(13)9-15(7-2-8-15)10-18-11-5-6-11/h1,3-4,11,18H,2,5-10H2. The molecule has 18 heavy (non-hydrogen) atoms. The molecule has 2 fully saturated rings. The van der Waals surface area contributed by atoms with Crippen LogP contribution < -0.4 is 5.32 Å². The van der Waals surface area contributed by atoms with Crippen molar-refractivity contribution in [1.82, 2.24) is 5.32 Å². The van der Waals surface area contributed by atoms with Crippen molar-refractivity contribution in [2.24, 2.45) is 5.41 Å². The van der Waals surface area contributed by atoms with E-state index in [1.807, 2.05) is 0 Å². The van der Waals surface area contributed by atoms with Gasteiger partial charge >= 0.3 is 0 Å². The molecule has 0 bridgehead atoms. The zero-order chi connectivity index (χ0) is 12.6. The van der Waals surface area contributed by atoms with Gasteiger partial charge in [0, 0.05) is 18.2 Å². The van der Waals surface area contributed by atoms with Gasteiger partial charge in [0.25, 0.3) is 0 Å². The third-order valence-electron chi connectivity index (χ3n) is 4.37. The number of hydrogen-bond acceptors (Lipinski definition) is 1. The van der Waals surface area contributed by atoms with Crippen molar-refractivity contribution in [3.63, 3.8) is 0 Å². The molecule has 0 atom stereocenters. The van der Waals surface area contributed by atoms with Crippen molar-refractivity contribution in [3.8, 4) is 0 Å². The predicted molar refractivity (Wildman–Crippen MR) is 67.4 cm³/mol. The van der Waals surface area contributed by atoms with E-state index in [2.05, 4.69) is 5.32 Å². The largest absolute Gasteiger partial charge is 0.313 e. The highest BCUT2D eigenvalue weighted by Gasteiger charge is 2.39. The molecule has 0 aromatic heterocycles. The second-order valence-electron chi connectivity index (χ2n) is 5.89. The molecule has 98 valence electrons.